The molecule has 150 valence electrons. The minimum atomic E-state index is -0.0564. The van der Waals surface area contributed by atoms with Gasteiger partial charge in [-0.25, -0.2) is 0 Å². The number of nitrogens with zero attached hydrogens (tertiary/aromatic N) is 2. The Kier molecular flexibility index (Phi) is 6.06. The van der Waals surface area contributed by atoms with Crippen LogP contribution in [0.4, 0.5) is 0 Å². The maximum absolute atomic E-state index is 13.0. The fourth-order valence-electron chi connectivity index (χ4n) is 4.10. The molecule has 0 radical (unpaired) electrons. The van der Waals surface area contributed by atoms with Crippen molar-refractivity contribution in [2.45, 2.75) is 25.3 Å². The molecule has 1 N–H and O–H groups in total. The van der Waals surface area contributed by atoms with E-state index < -0.39 is 0 Å². The standard InChI is InChI=1S/C24H27N3O2/c1-29-19-12-10-18(11-13-19)23(27-15-3-2-4-16-27)17-26-24(28)21-7-5-9-22-20(21)8-6-14-25-22/h5-14,23H,2-4,15-17H2,1H3,(H,26,28). The molecule has 3 aromatic rings. The van der Waals surface area contributed by atoms with Crippen LogP contribution >= 0.6 is 0 Å². The number of carbonyl (C=O) groups excluding carboxylic acids is 1. The van der Waals surface area contributed by atoms with E-state index in [1.165, 1.54) is 24.8 Å². The second-order valence-corrected chi connectivity index (χ2v) is 7.47. The van der Waals surface area contributed by atoms with Gasteiger partial charge in [0.15, 0.2) is 0 Å². The number of benzene rings is 2. The van der Waals surface area contributed by atoms with Gasteiger partial charge in [-0.15, -0.1) is 0 Å². The highest BCUT2D eigenvalue weighted by atomic mass is 16.5. The van der Waals surface area contributed by atoms with E-state index in [1.54, 1.807) is 13.3 Å². The quantitative estimate of drug-likeness (QED) is 0.686. The molecule has 1 atom stereocenters. The third kappa shape index (κ3) is 4.40. The number of likely N-dealkylation sites (tertiary alicyclic amines) is 1. The summed E-state index contributed by atoms with van der Waals surface area (Å²) >= 11 is 0. The molecule has 1 amide bonds. The number of pyridine rings is 1. The van der Waals surface area contributed by atoms with E-state index in [9.17, 15) is 4.79 Å². The number of hydrogen-bond donors (Lipinski definition) is 1. The first kappa shape index (κ1) is 19.4. The summed E-state index contributed by atoms with van der Waals surface area (Å²) < 4.78 is 5.30. The summed E-state index contributed by atoms with van der Waals surface area (Å²) in [5.74, 6) is 0.789. The highest BCUT2D eigenvalue weighted by molar-refractivity contribution is 6.06. The summed E-state index contributed by atoms with van der Waals surface area (Å²) in [6, 6.07) is 17.8. The molecule has 1 aliphatic rings. The Balaban J connectivity index is 1.54. The third-order valence-electron chi connectivity index (χ3n) is 5.68. The van der Waals surface area contributed by atoms with Gasteiger partial charge in [0.2, 0.25) is 0 Å². The monoisotopic (exact) mass is 389 g/mol. The van der Waals surface area contributed by atoms with Gasteiger partial charge in [0.05, 0.1) is 18.7 Å². The van der Waals surface area contributed by atoms with Crippen molar-refractivity contribution in [3.8, 4) is 5.75 Å². The maximum atomic E-state index is 13.0. The van der Waals surface area contributed by atoms with E-state index in [2.05, 4.69) is 27.3 Å². The van der Waals surface area contributed by atoms with E-state index in [1.807, 2.05) is 42.5 Å². The zero-order valence-corrected chi connectivity index (χ0v) is 16.8. The van der Waals surface area contributed by atoms with E-state index in [0.717, 1.165) is 29.7 Å². The van der Waals surface area contributed by atoms with Gasteiger partial charge in [0.1, 0.15) is 5.75 Å². The van der Waals surface area contributed by atoms with Crippen molar-refractivity contribution in [3.05, 3.63) is 71.9 Å². The highest BCUT2D eigenvalue weighted by Crippen LogP contribution is 2.26. The van der Waals surface area contributed by atoms with Crippen molar-refractivity contribution in [2.75, 3.05) is 26.7 Å². The van der Waals surface area contributed by atoms with Crippen molar-refractivity contribution < 1.29 is 9.53 Å². The Hall–Kier alpha value is -2.92. The van der Waals surface area contributed by atoms with Crippen LogP contribution in [0, 0.1) is 0 Å². The molecule has 1 unspecified atom stereocenters. The van der Waals surface area contributed by atoms with Crippen LogP contribution in [0.25, 0.3) is 10.9 Å². The molecule has 4 rings (SSSR count). The summed E-state index contributed by atoms with van der Waals surface area (Å²) in [5.41, 5.74) is 2.71. The van der Waals surface area contributed by atoms with Crippen LogP contribution in [-0.4, -0.2) is 42.5 Å². The Morgan fingerprint density at radius 3 is 2.62 bits per heavy atom. The lowest BCUT2D eigenvalue weighted by atomic mass is 10.0. The van der Waals surface area contributed by atoms with Gasteiger partial charge >= 0.3 is 0 Å². The number of fused-ring (bicyclic) bond motifs is 1. The molecule has 2 heterocycles. The molecule has 1 saturated heterocycles. The molecule has 1 fully saturated rings. The Bertz CT molecular complexity index is 960. The fourth-order valence-corrected chi connectivity index (χ4v) is 4.10. The van der Waals surface area contributed by atoms with Crippen molar-refractivity contribution in [1.29, 1.82) is 0 Å². The van der Waals surface area contributed by atoms with Crippen LogP contribution in [0.5, 0.6) is 5.75 Å². The van der Waals surface area contributed by atoms with Gasteiger partial charge < -0.3 is 10.1 Å². The zero-order valence-electron chi connectivity index (χ0n) is 16.8. The van der Waals surface area contributed by atoms with Gasteiger partial charge in [-0.1, -0.05) is 30.7 Å². The van der Waals surface area contributed by atoms with Crippen molar-refractivity contribution in [3.63, 3.8) is 0 Å². The normalized spacial score (nSPS) is 15.8. The van der Waals surface area contributed by atoms with Gasteiger partial charge in [0.25, 0.3) is 5.91 Å². The predicted octanol–water partition coefficient (Wildman–Crippen LogP) is 4.20. The lowest BCUT2D eigenvalue weighted by molar-refractivity contribution is 0.0926. The number of nitrogens with one attached hydrogen (secondary N) is 1. The van der Waals surface area contributed by atoms with Crippen molar-refractivity contribution in [1.82, 2.24) is 15.2 Å². The first-order chi connectivity index (χ1) is 14.3. The van der Waals surface area contributed by atoms with Gasteiger partial charge in [-0.05, 0) is 61.8 Å². The molecule has 0 bridgehead atoms. The third-order valence-corrected chi connectivity index (χ3v) is 5.68. The Morgan fingerprint density at radius 1 is 1.07 bits per heavy atom. The van der Waals surface area contributed by atoms with Crippen molar-refractivity contribution in [2.24, 2.45) is 0 Å². The van der Waals surface area contributed by atoms with E-state index in [-0.39, 0.29) is 11.9 Å². The summed E-state index contributed by atoms with van der Waals surface area (Å²) in [7, 11) is 1.68. The van der Waals surface area contributed by atoms with Gasteiger partial charge in [-0.3, -0.25) is 14.7 Å². The number of piperidine rings is 1. The number of ether oxygens (including phenoxy) is 1. The molecule has 5 heteroatoms. The van der Waals surface area contributed by atoms with Crippen molar-refractivity contribution >= 4 is 16.8 Å². The summed E-state index contributed by atoms with van der Waals surface area (Å²) in [6.07, 6.45) is 5.44. The summed E-state index contributed by atoms with van der Waals surface area (Å²) in [6.45, 7) is 2.69. The highest BCUT2D eigenvalue weighted by Gasteiger charge is 2.23. The molecule has 0 spiro atoms. The van der Waals surface area contributed by atoms with E-state index in [4.69, 9.17) is 4.74 Å². The molecule has 2 aromatic carbocycles. The summed E-state index contributed by atoms with van der Waals surface area (Å²) in [4.78, 5) is 19.8. The van der Waals surface area contributed by atoms with E-state index in [0.29, 0.717) is 12.1 Å². The SMILES string of the molecule is COc1ccc(C(CNC(=O)c2cccc3ncccc23)N2CCCCC2)cc1. The number of methoxy groups -OCH3 is 1. The van der Waals surface area contributed by atoms with Crippen LogP contribution in [0.15, 0.2) is 60.8 Å². The van der Waals surface area contributed by atoms with Crippen LogP contribution in [0.1, 0.15) is 41.2 Å². The van der Waals surface area contributed by atoms with Crippen LogP contribution < -0.4 is 10.1 Å². The van der Waals surface area contributed by atoms with Crippen LogP contribution in [-0.2, 0) is 0 Å². The zero-order chi connectivity index (χ0) is 20.1. The molecular weight excluding hydrogens is 362 g/mol. The summed E-state index contributed by atoms with van der Waals surface area (Å²) in [5, 5.41) is 4.06. The smallest absolute Gasteiger partial charge is 0.252 e. The lowest BCUT2D eigenvalue weighted by Crippen LogP contribution is -2.40. The Labute approximate surface area is 171 Å². The first-order valence-electron chi connectivity index (χ1n) is 10.3. The number of hydrogen-bond acceptors (Lipinski definition) is 4. The fraction of sp³-hybridized carbons (Fsp3) is 0.333. The Morgan fingerprint density at radius 2 is 1.86 bits per heavy atom. The molecule has 0 saturated carbocycles. The second kappa shape index (κ2) is 9.05. The first-order valence-corrected chi connectivity index (χ1v) is 10.3. The second-order valence-electron chi connectivity index (χ2n) is 7.47. The largest absolute Gasteiger partial charge is 0.497 e. The van der Waals surface area contributed by atoms with Gasteiger partial charge in [0, 0.05) is 23.7 Å². The maximum Gasteiger partial charge on any atom is 0.252 e. The van der Waals surface area contributed by atoms with Crippen LogP contribution in [0.2, 0.25) is 0 Å². The number of amides is 1. The topological polar surface area (TPSA) is 54.5 Å². The minimum Gasteiger partial charge on any atom is -0.497 e. The predicted molar refractivity (Wildman–Crippen MR) is 115 cm³/mol. The molecule has 1 aliphatic heterocycles. The van der Waals surface area contributed by atoms with Crippen LogP contribution in [0.3, 0.4) is 0 Å². The molecule has 5 nitrogen and oxygen atoms in total. The van der Waals surface area contributed by atoms with Gasteiger partial charge in [-0.2, -0.15) is 0 Å². The average Bonchev–Trinajstić information content (AvgIpc) is 2.80. The minimum absolute atomic E-state index is 0.0564. The number of aromatic nitrogens is 1. The average molecular weight is 389 g/mol. The molecule has 1 aromatic heterocycles. The van der Waals surface area contributed by atoms with E-state index >= 15 is 0 Å². The molecule has 0 aliphatic carbocycles. The molecule has 29 heavy (non-hydrogen) atoms. The lowest BCUT2D eigenvalue weighted by Gasteiger charge is -2.35. The number of carbonyl (C=O) groups is 1. The molecular formula is C24H27N3O2. The number of rotatable bonds is 6.